The number of fused-ring (bicyclic) bond motifs is 1. The van der Waals surface area contributed by atoms with Gasteiger partial charge in [-0.3, -0.25) is 9.78 Å². The van der Waals surface area contributed by atoms with Gasteiger partial charge in [0, 0.05) is 17.1 Å². The molecule has 0 radical (unpaired) electrons. The van der Waals surface area contributed by atoms with E-state index in [0.29, 0.717) is 22.7 Å². The number of hydrogen-bond acceptors (Lipinski definition) is 6. The van der Waals surface area contributed by atoms with Gasteiger partial charge in [-0.1, -0.05) is 6.07 Å². The lowest BCUT2D eigenvalue weighted by atomic mass is 10.1. The summed E-state index contributed by atoms with van der Waals surface area (Å²) in [5.74, 6) is 0.0588. The highest BCUT2D eigenvalue weighted by Crippen LogP contribution is 2.25. The molecule has 2 N–H and O–H groups in total. The molecule has 1 aromatic carbocycles. The molecule has 0 fully saturated rings. The Bertz CT molecular complexity index is 1270. The largest absolute Gasteiger partial charge is 0.383 e. The number of rotatable bonds is 5. The second kappa shape index (κ2) is 8.66. The number of amides is 1. The number of aryl methyl sites for hydroxylation is 2. The van der Waals surface area contributed by atoms with Crippen molar-refractivity contribution < 1.29 is 9.18 Å². The minimum atomic E-state index is -0.532. The third-order valence-electron chi connectivity index (χ3n) is 5.34. The summed E-state index contributed by atoms with van der Waals surface area (Å²) in [4.78, 5) is 32.2. The summed E-state index contributed by atoms with van der Waals surface area (Å²) in [6.45, 7) is 5.89. The Morgan fingerprint density at radius 2 is 1.81 bits per heavy atom. The highest BCUT2D eigenvalue weighted by Gasteiger charge is 2.26. The Morgan fingerprint density at radius 1 is 1.06 bits per heavy atom. The molecule has 0 unspecified atom stereocenters. The van der Waals surface area contributed by atoms with Crippen molar-refractivity contribution in [2.24, 2.45) is 0 Å². The van der Waals surface area contributed by atoms with Crippen LogP contribution in [0.25, 0.3) is 10.9 Å². The molecule has 3 heterocycles. The first-order valence-corrected chi connectivity index (χ1v) is 10.2. The van der Waals surface area contributed by atoms with Crippen LogP contribution in [-0.2, 0) is 6.54 Å². The van der Waals surface area contributed by atoms with Gasteiger partial charge >= 0.3 is 0 Å². The molecule has 0 saturated carbocycles. The number of nitrogens with zero attached hydrogens (tertiary/aromatic N) is 5. The molecule has 32 heavy (non-hydrogen) atoms. The van der Waals surface area contributed by atoms with Crippen molar-refractivity contribution in [2.75, 3.05) is 5.73 Å². The number of anilines is 1. The Balaban J connectivity index is 1.73. The summed E-state index contributed by atoms with van der Waals surface area (Å²) in [5.41, 5.74) is 9.71. The number of hydrogen-bond donors (Lipinski definition) is 1. The Hall–Kier alpha value is -3.94. The number of pyridine rings is 2. The monoisotopic (exact) mass is 430 g/mol. The normalized spacial score (nSPS) is 12.0. The fourth-order valence-electron chi connectivity index (χ4n) is 3.42. The van der Waals surface area contributed by atoms with Crippen LogP contribution in [-0.4, -0.2) is 30.7 Å². The maximum absolute atomic E-state index is 13.6. The summed E-state index contributed by atoms with van der Waals surface area (Å²) in [5, 5.41) is 0.821. The van der Waals surface area contributed by atoms with E-state index in [0.717, 1.165) is 34.6 Å². The molecule has 7 nitrogen and oxygen atoms in total. The maximum atomic E-state index is 13.6. The smallest absolute Gasteiger partial charge is 0.254 e. The quantitative estimate of drug-likeness (QED) is 0.511. The van der Waals surface area contributed by atoms with Crippen molar-refractivity contribution in [1.82, 2.24) is 24.8 Å². The van der Waals surface area contributed by atoms with Gasteiger partial charge in [-0.25, -0.2) is 19.3 Å². The van der Waals surface area contributed by atoms with Crippen LogP contribution >= 0.6 is 0 Å². The van der Waals surface area contributed by atoms with E-state index in [1.165, 1.54) is 0 Å². The van der Waals surface area contributed by atoms with E-state index in [1.807, 2.05) is 39.0 Å². The number of benzene rings is 1. The first-order chi connectivity index (χ1) is 15.3. The zero-order chi connectivity index (χ0) is 22.8. The first-order valence-electron chi connectivity index (χ1n) is 10.2. The van der Waals surface area contributed by atoms with Crippen LogP contribution < -0.4 is 5.73 Å². The molecule has 4 aromatic rings. The van der Waals surface area contributed by atoms with Crippen molar-refractivity contribution in [3.8, 4) is 0 Å². The minimum absolute atomic E-state index is 0.218. The summed E-state index contributed by atoms with van der Waals surface area (Å²) in [6.07, 6.45) is 3.95. The number of nitrogen functional groups attached to an aromatic ring is 1. The zero-order valence-electron chi connectivity index (χ0n) is 18.1. The van der Waals surface area contributed by atoms with Gasteiger partial charge in [0.15, 0.2) is 11.6 Å². The fraction of sp³-hybridized carbons (Fsp3) is 0.208. The molecule has 1 amide bonds. The predicted molar refractivity (Wildman–Crippen MR) is 120 cm³/mol. The van der Waals surface area contributed by atoms with Gasteiger partial charge in [0.1, 0.15) is 5.82 Å². The van der Waals surface area contributed by atoms with Gasteiger partial charge in [-0.2, -0.15) is 0 Å². The summed E-state index contributed by atoms with van der Waals surface area (Å²) in [7, 11) is 0. The zero-order valence-corrected chi connectivity index (χ0v) is 18.1. The molecule has 1 atom stereocenters. The van der Waals surface area contributed by atoms with E-state index in [4.69, 9.17) is 5.73 Å². The van der Waals surface area contributed by atoms with Crippen molar-refractivity contribution in [2.45, 2.75) is 33.4 Å². The minimum Gasteiger partial charge on any atom is -0.383 e. The van der Waals surface area contributed by atoms with Crippen molar-refractivity contribution >= 4 is 22.6 Å². The number of carbonyl (C=O) groups excluding carboxylic acids is 1. The molecule has 3 aromatic heterocycles. The van der Waals surface area contributed by atoms with Crippen LogP contribution in [0.3, 0.4) is 0 Å². The van der Waals surface area contributed by atoms with Gasteiger partial charge in [0.25, 0.3) is 5.91 Å². The highest BCUT2D eigenvalue weighted by molar-refractivity contribution is 5.98. The van der Waals surface area contributed by atoms with Gasteiger partial charge in [-0.15, -0.1) is 0 Å². The van der Waals surface area contributed by atoms with Crippen molar-refractivity contribution in [3.05, 3.63) is 89.0 Å². The summed E-state index contributed by atoms with van der Waals surface area (Å²) in [6, 6.07) is 10.5. The molecule has 162 valence electrons. The van der Waals surface area contributed by atoms with Gasteiger partial charge in [-0.05, 0) is 62.2 Å². The van der Waals surface area contributed by atoms with Crippen molar-refractivity contribution in [3.63, 3.8) is 0 Å². The molecule has 0 saturated heterocycles. The number of nitrogens with two attached hydrogens (primary N) is 1. The topological polar surface area (TPSA) is 97.9 Å². The number of aromatic nitrogens is 4. The SMILES string of the molecule is Cc1ccc(CN(C(=O)c2ccc3nc(N)c(C)cc3c2)[C@H](C)c2ncc(F)cn2)nc1. The van der Waals surface area contributed by atoms with E-state index in [1.54, 1.807) is 29.3 Å². The number of carbonyl (C=O) groups is 1. The molecule has 0 aliphatic rings. The lowest BCUT2D eigenvalue weighted by Gasteiger charge is -2.28. The van der Waals surface area contributed by atoms with Gasteiger partial charge < -0.3 is 10.6 Å². The molecule has 4 rings (SSSR count). The lowest BCUT2D eigenvalue weighted by Crippen LogP contribution is -2.34. The fourth-order valence-corrected chi connectivity index (χ4v) is 3.42. The molecule has 0 spiro atoms. The second-order valence-electron chi connectivity index (χ2n) is 7.79. The van der Waals surface area contributed by atoms with E-state index in [9.17, 15) is 9.18 Å². The predicted octanol–water partition coefficient (Wildman–Crippen LogP) is 4.16. The van der Waals surface area contributed by atoms with Crippen LogP contribution in [0.15, 0.2) is 55.0 Å². The van der Waals surface area contributed by atoms with Crippen LogP contribution in [0.1, 0.15) is 46.0 Å². The summed E-state index contributed by atoms with van der Waals surface area (Å²) >= 11 is 0. The number of halogens is 1. The third kappa shape index (κ3) is 4.39. The molecule has 0 bridgehead atoms. The summed E-state index contributed by atoms with van der Waals surface area (Å²) < 4.78 is 13.3. The highest BCUT2D eigenvalue weighted by atomic mass is 19.1. The third-order valence-corrected chi connectivity index (χ3v) is 5.34. The average Bonchev–Trinajstić information content (AvgIpc) is 2.79. The van der Waals surface area contributed by atoms with Gasteiger partial charge in [0.2, 0.25) is 0 Å². The maximum Gasteiger partial charge on any atom is 0.254 e. The van der Waals surface area contributed by atoms with Crippen LogP contribution in [0.5, 0.6) is 0 Å². The molecule has 8 heteroatoms. The van der Waals surface area contributed by atoms with Crippen LogP contribution in [0.2, 0.25) is 0 Å². The van der Waals surface area contributed by atoms with Crippen LogP contribution in [0, 0.1) is 19.7 Å². The van der Waals surface area contributed by atoms with E-state index in [-0.39, 0.29) is 12.5 Å². The van der Waals surface area contributed by atoms with E-state index in [2.05, 4.69) is 19.9 Å². The first kappa shape index (κ1) is 21.3. The molecule has 0 aliphatic carbocycles. The van der Waals surface area contributed by atoms with E-state index >= 15 is 0 Å². The second-order valence-corrected chi connectivity index (χ2v) is 7.79. The molecule has 0 aliphatic heterocycles. The Kier molecular flexibility index (Phi) is 5.77. The van der Waals surface area contributed by atoms with E-state index < -0.39 is 11.9 Å². The molecular formula is C24H23FN6O. The van der Waals surface area contributed by atoms with Crippen molar-refractivity contribution in [1.29, 1.82) is 0 Å². The molecular weight excluding hydrogens is 407 g/mol. The van der Waals surface area contributed by atoms with Gasteiger partial charge in [0.05, 0.1) is 36.2 Å². The Labute approximate surface area is 185 Å². The van der Waals surface area contributed by atoms with Crippen LogP contribution in [0.4, 0.5) is 10.2 Å². The lowest BCUT2D eigenvalue weighted by molar-refractivity contribution is 0.0663. The standard InChI is InChI=1S/C24H23FN6O/c1-14-4-6-20(27-10-14)13-31(16(3)23-28-11-19(25)12-29-23)24(32)17-5-7-21-18(9-17)8-15(2)22(26)30-21/h4-12,16H,13H2,1-3H3,(H2,26,30)/t16-/m1/s1. The Morgan fingerprint density at radius 3 is 2.50 bits per heavy atom. The average molecular weight is 430 g/mol.